The smallest absolute Gasteiger partial charge is 0.491 e. The minimum absolute atomic E-state index is 0.0179. The second-order valence-electron chi connectivity index (χ2n) is 10.4. The van der Waals surface area contributed by atoms with Gasteiger partial charge in [-0.1, -0.05) is 58.3 Å². The second-order valence-corrected chi connectivity index (χ2v) is 10.4. The van der Waals surface area contributed by atoms with Crippen LogP contribution in [0.4, 0.5) is 9.18 Å². The highest BCUT2D eigenvalue weighted by Crippen LogP contribution is 2.42. The van der Waals surface area contributed by atoms with E-state index < -0.39 is 23.9 Å². The molecule has 1 aliphatic rings. The van der Waals surface area contributed by atoms with Gasteiger partial charge >= 0.3 is 18.1 Å². The van der Waals surface area contributed by atoms with Crippen LogP contribution >= 0.6 is 0 Å². The van der Waals surface area contributed by atoms with E-state index >= 15 is 4.39 Å². The second kappa shape index (κ2) is 16.3. The maximum atomic E-state index is 15.2. The van der Waals surface area contributed by atoms with E-state index in [2.05, 4.69) is 20.1 Å². The Morgan fingerprint density at radius 3 is 2.09 bits per heavy atom. The first kappa shape index (κ1) is 33.2. The molecule has 0 N–H and O–H groups in total. The number of hydrogen-bond donors (Lipinski definition) is 0. The number of hydrogen-bond acceptors (Lipinski definition) is 9. The Kier molecular flexibility index (Phi) is 12.6. The van der Waals surface area contributed by atoms with E-state index in [0.717, 1.165) is 19.3 Å². The topological polar surface area (TPSA) is 107 Å². The largest absolute Gasteiger partial charge is 0.508 e. The number of ether oxygens (including phenoxy) is 6. The molecule has 43 heavy (non-hydrogen) atoms. The van der Waals surface area contributed by atoms with Crippen molar-refractivity contribution in [3.8, 4) is 34.1 Å². The lowest BCUT2D eigenvalue weighted by molar-refractivity contribution is -0.131. The Balaban J connectivity index is 1.91. The van der Waals surface area contributed by atoms with Crippen LogP contribution in [0, 0.1) is 11.7 Å². The van der Waals surface area contributed by atoms with Crippen molar-refractivity contribution >= 4 is 18.1 Å². The van der Waals surface area contributed by atoms with Gasteiger partial charge in [-0.25, -0.2) is 18.8 Å². The zero-order valence-electron chi connectivity index (χ0n) is 25.0. The van der Waals surface area contributed by atoms with Crippen molar-refractivity contribution in [3.63, 3.8) is 0 Å². The van der Waals surface area contributed by atoms with Crippen molar-refractivity contribution in [2.24, 2.45) is 5.92 Å². The van der Waals surface area contributed by atoms with E-state index in [1.165, 1.54) is 57.4 Å². The average molecular weight is 599 g/mol. The minimum atomic E-state index is -0.767. The van der Waals surface area contributed by atoms with Crippen molar-refractivity contribution in [3.05, 3.63) is 60.5 Å². The average Bonchev–Trinajstić information content (AvgIpc) is 2.97. The molecule has 232 valence electrons. The highest BCUT2D eigenvalue weighted by atomic mass is 19.1. The van der Waals surface area contributed by atoms with E-state index in [1.54, 1.807) is 6.07 Å². The Labute approximate surface area is 251 Å². The Hall–Kier alpha value is -4.34. The van der Waals surface area contributed by atoms with Crippen LogP contribution in [0.1, 0.15) is 59.3 Å². The fourth-order valence-electron chi connectivity index (χ4n) is 4.03. The molecule has 0 radical (unpaired) electrons. The van der Waals surface area contributed by atoms with Crippen LogP contribution in [0.3, 0.4) is 0 Å². The molecule has 10 heteroatoms. The van der Waals surface area contributed by atoms with Gasteiger partial charge in [0.15, 0.2) is 23.1 Å². The van der Waals surface area contributed by atoms with Gasteiger partial charge in [0.1, 0.15) is 19.0 Å². The zero-order valence-corrected chi connectivity index (χ0v) is 25.0. The molecule has 9 nitrogen and oxygen atoms in total. The number of esters is 2. The summed E-state index contributed by atoms with van der Waals surface area (Å²) in [4.78, 5) is 36.2. The van der Waals surface area contributed by atoms with Crippen LogP contribution in [0.2, 0.25) is 0 Å². The molecule has 1 heterocycles. The summed E-state index contributed by atoms with van der Waals surface area (Å²) in [5.74, 6) is -2.19. The van der Waals surface area contributed by atoms with Gasteiger partial charge in [0.05, 0.1) is 19.1 Å². The number of carbonyl (C=O) groups is 3. The molecular formula is C33H39FO9. The molecule has 0 saturated carbocycles. The van der Waals surface area contributed by atoms with Crippen LogP contribution < -0.4 is 18.9 Å². The maximum Gasteiger partial charge on any atom is 0.508 e. The van der Waals surface area contributed by atoms with Crippen LogP contribution in [0.25, 0.3) is 11.1 Å². The summed E-state index contributed by atoms with van der Waals surface area (Å²) in [6.45, 7) is 12.9. The van der Waals surface area contributed by atoms with Gasteiger partial charge in [0, 0.05) is 22.8 Å². The highest BCUT2D eigenvalue weighted by Gasteiger charge is 2.25. The molecule has 0 unspecified atom stereocenters. The van der Waals surface area contributed by atoms with Gasteiger partial charge in [-0.05, 0) is 44.0 Å². The third kappa shape index (κ3) is 10.2. The number of rotatable bonds is 16. The number of benzene rings is 2. The third-order valence-corrected chi connectivity index (χ3v) is 6.49. The predicted octanol–water partition coefficient (Wildman–Crippen LogP) is 7.36. The van der Waals surface area contributed by atoms with Gasteiger partial charge in [-0.15, -0.1) is 0 Å². The molecular weight excluding hydrogens is 559 g/mol. The molecule has 2 aromatic carbocycles. The summed E-state index contributed by atoms with van der Waals surface area (Å²) >= 11 is 0. The lowest BCUT2D eigenvalue weighted by atomic mass is 10.0. The minimum Gasteiger partial charge on any atom is -0.491 e. The van der Waals surface area contributed by atoms with Crippen molar-refractivity contribution in [2.45, 2.75) is 59.3 Å². The fourth-order valence-corrected chi connectivity index (χ4v) is 4.03. The van der Waals surface area contributed by atoms with Crippen molar-refractivity contribution < 1.29 is 47.2 Å². The first-order valence-electron chi connectivity index (χ1n) is 14.4. The van der Waals surface area contributed by atoms with Crippen molar-refractivity contribution in [2.75, 3.05) is 26.4 Å². The summed E-state index contributed by atoms with van der Waals surface area (Å²) in [6.07, 6.45) is 5.73. The van der Waals surface area contributed by atoms with Gasteiger partial charge < -0.3 is 28.4 Å². The molecule has 0 amide bonds. The van der Waals surface area contributed by atoms with Crippen LogP contribution in [0.5, 0.6) is 23.0 Å². The molecule has 3 rings (SSSR count). The van der Waals surface area contributed by atoms with Crippen LogP contribution in [-0.2, 0) is 19.1 Å². The van der Waals surface area contributed by atoms with E-state index in [1.807, 2.05) is 0 Å². The van der Waals surface area contributed by atoms with Crippen molar-refractivity contribution in [1.82, 2.24) is 0 Å². The third-order valence-electron chi connectivity index (χ3n) is 6.49. The molecule has 1 aliphatic heterocycles. The van der Waals surface area contributed by atoms with Gasteiger partial charge in [0.2, 0.25) is 0 Å². The van der Waals surface area contributed by atoms with E-state index in [-0.39, 0.29) is 65.4 Å². The highest BCUT2D eigenvalue weighted by molar-refractivity contribution is 5.92. The number of halogens is 1. The Morgan fingerprint density at radius 2 is 1.47 bits per heavy atom. The van der Waals surface area contributed by atoms with E-state index in [0.29, 0.717) is 12.2 Å². The summed E-state index contributed by atoms with van der Waals surface area (Å²) in [5.41, 5.74) is 0.858. The normalized spacial score (nSPS) is 13.0. The van der Waals surface area contributed by atoms with Gasteiger partial charge in [0.25, 0.3) is 0 Å². The maximum absolute atomic E-state index is 15.2. The molecule has 0 aromatic heterocycles. The molecule has 1 fully saturated rings. The summed E-state index contributed by atoms with van der Waals surface area (Å²) < 4.78 is 47.6. The summed E-state index contributed by atoms with van der Waals surface area (Å²) in [6, 6.07) is 7.16. The SMILES string of the molecule is C=C(C)C(=O)Oc1cc(-c2ccc(OCCCCCCCC)c(F)c2)c(OC(=O)C(=C)C)cc1OCC1COC(=O)OC1. The first-order chi connectivity index (χ1) is 20.6. The standard InChI is InChI=1S/C33H39FO9/c1-6-7-8-9-10-11-14-38-27-13-12-24(15-26(27)34)25-16-30(43-32(36)22(4)5)29(17-28(25)42-31(35)21(2)3)39-18-23-19-40-33(37)41-20-23/h12-13,15-17,23H,2,4,6-11,14,18-20H2,1,3,5H3. The molecule has 0 spiro atoms. The lowest BCUT2D eigenvalue weighted by Crippen LogP contribution is -2.31. The molecule has 0 atom stereocenters. The summed E-state index contributed by atoms with van der Waals surface area (Å²) in [5, 5.41) is 0. The fraction of sp³-hybridized carbons (Fsp3) is 0.424. The van der Waals surface area contributed by atoms with E-state index in [9.17, 15) is 14.4 Å². The number of unbranched alkanes of at least 4 members (excludes halogenated alkanes) is 5. The Bertz CT molecular complexity index is 1320. The van der Waals surface area contributed by atoms with Crippen LogP contribution in [-0.4, -0.2) is 44.5 Å². The molecule has 0 aliphatic carbocycles. The van der Waals surface area contributed by atoms with Gasteiger partial charge in [-0.2, -0.15) is 0 Å². The first-order valence-corrected chi connectivity index (χ1v) is 14.4. The monoisotopic (exact) mass is 598 g/mol. The lowest BCUT2D eigenvalue weighted by Gasteiger charge is -2.23. The van der Waals surface area contributed by atoms with Gasteiger partial charge in [-0.3, -0.25) is 0 Å². The number of cyclic esters (lactones) is 2. The molecule has 1 saturated heterocycles. The van der Waals surface area contributed by atoms with Crippen LogP contribution in [0.15, 0.2) is 54.6 Å². The summed E-state index contributed by atoms with van der Waals surface area (Å²) in [7, 11) is 0. The predicted molar refractivity (Wildman–Crippen MR) is 158 cm³/mol. The van der Waals surface area contributed by atoms with E-state index in [4.69, 9.17) is 28.4 Å². The quantitative estimate of drug-likeness (QED) is 0.0848. The Morgan fingerprint density at radius 1 is 0.837 bits per heavy atom. The van der Waals surface area contributed by atoms with Crippen molar-refractivity contribution in [1.29, 1.82) is 0 Å². The molecule has 0 bridgehead atoms. The number of carbonyl (C=O) groups excluding carboxylic acids is 3. The molecule has 2 aromatic rings. The zero-order chi connectivity index (χ0) is 31.4.